The lowest BCUT2D eigenvalue weighted by Crippen LogP contribution is -2.26. The summed E-state index contributed by atoms with van der Waals surface area (Å²) in [4.78, 5) is 19.3. The quantitative estimate of drug-likeness (QED) is 0.553. The topological polar surface area (TPSA) is 101 Å². The van der Waals surface area contributed by atoms with Crippen LogP contribution in [-0.4, -0.2) is 30.8 Å². The monoisotopic (exact) mass is 396 g/mol. The van der Waals surface area contributed by atoms with Crippen LogP contribution in [-0.2, 0) is 14.8 Å². The molecular weight excluding hydrogens is 376 g/mol. The zero-order valence-electron chi connectivity index (χ0n) is 14.8. The van der Waals surface area contributed by atoms with Crippen molar-refractivity contribution >= 4 is 33.3 Å². The second kappa shape index (κ2) is 8.57. The Bertz CT molecular complexity index is 916. The number of pyridine rings is 2. The largest absolute Gasteiger partial charge is 0.311 e. The number of carbonyl (C=O) groups is 1. The molecule has 2 rings (SSSR count). The minimum Gasteiger partial charge on any atom is -0.311 e. The first-order chi connectivity index (χ1) is 12.3. The third-order valence-electron chi connectivity index (χ3n) is 3.71. The fraction of sp³-hybridized carbons (Fsp3) is 0.353. The molecule has 2 aromatic heterocycles. The van der Waals surface area contributed by atoms with Crippen molar-refractivity contribution in [2.45, 2.75) is 38.5 Å². The second-order valence-electron chi connectivity index (χ2n) is 5.78. The number of amides is 1. The van der Waals surface area contributed by atoms with Crippen LogP contribution < -0.4 is 10.0 Å². The Morgan fingerprint density at radius 2 is 2.04 bits per heavy atom. The van der Waals surface area contributed by atoms with Crippen molar-refractivity contribution in [1.82, 2.24) is 14.7 Å². The summed E-state index contributed by atoms with van der Waals surface area (Å²) in [6.45, 7) is 5.37. The van der Waals surface area contributed by atoms with Gasteiger partial charge in [0.15, 0.2) is 0 Å². The summed E-state index contributed by atoms with van der Waals surface area (Å²) in [6, 6.07) is 3.37. The Labute approximate surface area is 158 Å². The molecular formula is C17H21ClN4O3S. The van der Waals surface area contributed by atoms with Gasteiger partial charge in [0.05, 0.1) is 0 Å². The van der Waals surface area contributed by atoms with E-state index < -0.39 is 10.0 Å². The highest BCUT2D eigenvalue weighted by molar-refractivity contribution is 7.89. The number of anilines is 1. The maximum Gasteiger partial charge on any atom is 0.243 e. The Kier molecular flexibility index (Phi) is 6.69. The molecule has 1 amide bonds. The molecule has 0 unspecified atom stereocenters. The third kappa shape index (κ3) is 4.78. The summed E-state index contributed by atoms with van der Waals surface area (Å²) in [5, 5.41) is 2.52. The highest BCUT2D eigenvalue weighted by Gasteiger charge is 2.23. The summed E-state index contributed by atoms with van der Waals surface area (Å²) in [5.74, 6) is 0.124. The van der Waals surface area contributed by atoms with Crippen LogP contribution in [0.1, 0.15) is 32.3 Å². The highest BCUT2D eigenvalue weighted by Crippen LogP contribution is 2.32. The zero-order valence-corrected chi connectivity index (χ0v) is 16.4. The van der Waals surface area contributed by atoms with Crippen molar-refractivity contribution in [3.8, 4) is 11.1 Å². The molecule has 9 heteroatoms. The molecule has 0 radical (unpaired) electrons. The number of carbonyl (C=O) groups excluding carboxylic acids is 1. The van der Waals surface area contributed by atoms with E-state index in [0.717, 1.165) is 12.8 Å². The van der Waals surface area contributed by atoms with E-state index in [2.05, 4.69) is 20.0 Å². The average molecular weight is 397 g/mol. The van der Waals surface area contributed by atoms with Crippen LogP contribution >= 0.6 is 11.6 Å². The average Bonchev–Trinajstić information content (AvgIpc) is 2.54. The van der Waals surface area contributed by atoms with Gasteiger partial charge in [-0.2, -0.15) is 0 Å². The number of nitrogens with zero attached hydrogens (tertiary/aromatic N) is 2. The van der Waals surface area contributed by atoms with E-state index in [-0.39, 0.29) is 16.0 Å². The van der Waals surface area contributed by atoms with Crippen molar-refractivity contribution in [1.29, 1.82) is 0 Å². The molecule has 2 aromatic rings. The van der Waals surface area contributed by atoms with Crippen LogP contribution in [0.15, 0.2) is 29.4 Å². The summed E-state index contributed by atoms with van der Waals surface area (Å²) in [6.07, 6.45) is 4.64. The molecule has 2 N–H and O–H groups in total. The van der Waals surface area contributed by atoms with E-state index >= 15 is 0 Å². The first-order valence-corrected chi connectivity index (χ1v) is 10.0. The molecule has 0 saturated carbocycles. The Hall–Kier alpha value is -2.03. The van der Waals surface area contributed by atoms with Crippen molar-refractivity contribution in [3.63, 3.8) is 0 Å². The number of aromatic nitrogens is 2. The standard InChI is InChI=1S/C17H21ClN4O3S/c1-4-5-7-21-26(24,25)16-11(2)14(10-20-17(16)18)13-6-8-19-15(9-13)22-12(3)23/h6,8-10,21H,4-5,7H2,1-3H3,(H,19,22,23). The van der Waals surface area contributed by atoms with Crippen LogP contribution in [0.2, 0.25) is 5.15 Å². The van der Waals surface area contributed by atoms with Crippen molar-refractivity contribution < 1.29 is 13.2 Å². The molecule has 0 aliphatic rings. The number of unbranched alkanes of at least 4 members (excludes halogenated alkanes) is 1. The predicted octanol–water partition coefficient (Wildman–Crippen LogP) is 3.14. The van der Waals surface area contributed by atoms with Gasteiger partial charge in [0.25, 0.3) is 0 Å². The second-order valence-corrected chi connectivity index (χ2v) is 7.84. The van der Waals surface area contributed by atoms with E-state index in [0.29, 0.717) is 29.1 Å². The van der Waals surface area contributed by atoms with Gasteiger partial charge in [0, 0.05) is 31.4 Å². The van der Waals surface area contributed by atoms with E-state index in [1.165, 1.54) is 19.3 Å². The third-order valence-corrected chi connectivity index (χ3v) is 5.72. The normalized spacial score (nSPS) is 11.4. The summed E-state index contributed by atoms with van der Waals surface area (Å²) in [5.41, 5.74) is 1.75. The molecule has 0 fully saturated rings. The zero-order chi connectivity index (χ0) is 19.3. The van der Waals surface area contributed by atoms with Crippen LogP contribution in [0.3, 0.4) is 0 Å². The maximum absolute atomic E-state index is 12.6. The fourth-order valence-electron chi connectivity index (χ4n) is 2.46. The Balaban J connectivity index is 2.49. The van der Waals surface area contributed by atoms with Crippen LogP contribution in [0.25, 0.3) is 11.1 Å². The number of sulfonamides is 1. The van der Waals surface area contributed by atoms with Gasteiger partial charge < -0.3 is 5.32 Å². The molecule has 0 bridgehead atoms. The van der Waals surface area contributed by atoms with Gasteiger partial charge in [0.2, 0.25) is 15.9 Å². The first kappa shape index (κ1) is 20.3. The highest BCUT2D eigenvalue weighted by atomic mass is 35.5. The summed E-state index contributed by atoms with van der Waals surface area (Å²) >= 11 is 6.09. The van der Waals surface area contributed by atoms with Gasteiger partial charge in [-0.05, 0) is 36.6 Å². The van der Waals surface area contributed by atoms with Gasteiger partial charge in [-0.25, -0.2) is 23.1 Å². The Morgan fingerprint density at radius 3 is 2.69 bits per heavy atom. The van der Waals surface area contributed by atoms with Gasteiger partial charge in [-0.1, -0.05) is 24.9 Å². The van der Waals surface area contributed by atoms with Gasteiger partial charge in [0.1, 0.15) is 15.9 Å². The van der Waals surface area contributed by atoms with Crippen molar-refractivity contribution in [3.05, 3.63) is 35.2 Å². The first-order valence-electron chi connectivity index (χ1n) is 8.15. The molecule has 0 aliphatic heterocycles. The van der Waals surface area contributed by atoms with Gasteiger partial charge >= 0.3 is 0 Å². The van der Waals surface area contributed by atoms with E-state index in [4.69, 9.17) is 11.6 Å². The number of rotatable bonds is 7. The Morgan fingerprint density at radius 1 is 1.31 bits per heavy atom. The number of halogens is 1. The molecule has 0 atom stereocenters. The SMILES string of the molecule is CCCCNS(=O)(=O)c1c(Cl)ncc(-c2ccnc(NC(C)=O)c2)c1C. The van der Waals surface area contributed by atoms with E-state index in [9.17, 15) is 13.2 Å². The maximum atomic E-state index is 12.6. The summed E-state index contributed by atoms with van der Waals surface area (Å²) in [7, 11) is -3.78. The van der Waals surface area contributed by atoms with E-state index in [1.807, 2.05) is 6.92 Å². The molecule has 0 spiro atoms. The molecule has 0 aromatic carbocycles. The molecule has 26 heavy (non-hydrogen) atoms. The van der Waals surface area contributed by atoms with Gasteiger partial charge in [-0.3, -0.25) is 4.79 Å². The number of hydrogen-bond acceptors (Lipinski definition) is 5. The van der Waals surface area contributed by atoms with Gasteiger partial charge in [-0.15, -0.1) is 0 Å². The molecule has 0 aliphatic carbocycles. The lowest BCUT2D eigenvalue weighted by Gasteiger charge is -2.14. The van der Waals surface area contributed by atoms with E-state index in [1.54, 1.807) is 19.1 Å². The van der Waals surface area contributed by atoms with Crippen LogP contribution in [0.5, 0.6) is 0 Å². The smallest absolute Gasteiger partial charge is 0.243 e. The molecule has 7 nitrogen and oxygen atoms in total. The predicted molar refractivity (Wildman–Crippen MR) is 102 cm³/mol. The van der Waals surface area contributed by atoms with Crippen molar-refractivity contribution in [2.75, 3.05) is 11.9 Å². The lowest BCUT2D eigenvalue weighted by atomic mass is 10.0. The molecule has 2 heterocycles. The molecule has 0 saturated heterocycles. The lowest BCUT2D eigenvalue weighted by molar-refractivity contribution is -0.114. The summed E-state index contributed by atoms with van der Waals surface area (Å²) < 4.78 is 27.8. The van der Waals surface area contributed by atoms with Crippen molar-refractivity contribution in [2.24, 2.45) is 0 Å². The number of nitrogens with one attached hydrogen (secondary N) is 2. The van der Waals surface area contributed by atoms with Crippen LogP contribution in [0, 0.1) is 6.92 Å². The number of hydrogen-bond donors (Lipinski definition) is 2. The van der Waals surface area contributed by atoms with Crippen LogP contribution in [0.4, 0.5) is 5.82 Å². The minimum absolute atomic E-state index is 0.0364. The molecule has 140 valence electrons. The minimum atomic E-state index is -3.78. The fourth-order valence-corrected chi connectivity index (χ4v) is 4.30.